The highest BCUT2D eigenvalue weighted by atomic mass is 31.2. The van der Waals surface area contributed by atoms with Crippen LogP contribution in [-0.4, -0.2) is 72.2 Å². The van der Waals surface area contributed by atoms with Gasteiger partial charge >= 0.3 is 13.8 Å². The smallest absolute Gasteiger partial charge is 0.421 e. The van der Waals surface area contributed by atoms with Gasteiger partial charge in [0.2, 0.25) is 5.95 Å². The molecule has 3 heterocycles. The van der Waals surface area contributed by atoms with Crippen molar-refractivity contribution in [3.8, 4) is 5.75 Å². The second kappa shape index (κ2) is 15.5. The number of carbonyl (C=O) groups is 1. The Morgan fingerprint density at radius 2 is 1.67 bits per heavy atom. The van der Waals surface area contributed by atoms with Gasteiger partial charge in [0.05, 0.1) is 43.4 Å². The normalized spacial score (nSPS) is 19.7. The first-order valence-corrected chi connectivity index (χ1v) is 19.3. The van der Waals surface area contributed by atoms with Gasteiger partial charge in [0.15, 0.2) is 0 Å². The lowest BCUT2D eigenvalue weighted by molar-refractivity contribution is -0.137. The predicted molar refractivity (Wildman–Crippen MR) is 189 cm³/mol. The maximum absolute atomic E-state index is 14.3. The number of nitrogens with zero attached hydrogens (tertiary/aromatic N) is 4. The molecule has 0 atom stereocenters. The number of rotatable bonds is 13. The van der Waals surface area contributed by atoms with Gasteiger partial charge in [-0.1, -0.05) is 12.1 Å². The van der Waals surface area contributed by atoms with E-state index in [4.69, 9.17) is 13.8 Å². The summed E-state index contributed by atoms with van der Waals surface area (Å²) in [5.74, 6) is -0.255. The second-order valence-corrected chi connectivity index (χ2v) is 15.4. The molecule has 3 aliphatic rings. The van der Waals surface area contributed by atoms with Gasteiger partial charge in [-0.15, -0.1) is 0 Å². The number of carbonyl (C=O) groups excluding carboxylic acids is 1. The summed E-state index contributed by atoms with van der Waals surface area (Å²) < 4.78 is 72.3. The molecule has 1 amide bonds. The van der Waals surface area contributed by atoms with Crippen LogP contribution < -0.4 is 15.4 Å². The maximum atomic E-state index is 14.3. The Bertz CT molecular complexity index is 1770. The Morgan fingerprint density at radius 3 is 2.31 bits per heavy atom. The first kappa shape index (κ1) is 37.1. The molecule has 1 aliphatic carbocycles. The minimum Gasteiger partial charge on any atom is -0.495 e. The van der Waals surface area contributed by atoms with E-state index in [9.17, 15) is 22.5 Å². The predicted octanol–water partition coefficient (Wildman–Crippen LogP) is 8.46. The summed E-state index contributed by atoms with van der Waals surface area (Å²) in [6.07, 6.45) is 2.69. The van der Waals surface area contributed by atoms with Crippen molar-refractivity contribution in [2.24, 2.45) is 0 Å². The van der Waals surface area contributed by atoms with Crippen LogP contribution >= 0.6 is 7.60 Å². The van der Waals surface area contributed by atoms with Crippen molar-refractivity contribution in [3.63, 3.8) is 0 Å². The number of fused-ring (bicyclic) bond motifs is 1. The van der Waals surface area contributed by atoms with Crippen molar-refractivity contribution in [1.29, 1.82) is 0 Å². The fraction of sp³-hybridized carbons (Fsp3) is 0.528. The quantitative estimate of drug-likeness (QED) is 0.166. The van der Waals surface area contributed by atoms with Gasteiger partial charge in [0, 0.05) is 25.8 Å². The van der Waals surface area contributed by atoms with Crippen LogP contribution in [0.15, 0.2) is 36.5 Å². The van der Waals surface area contributed by atoms with Crippen LogP contribution in [0.1, 0.15) is 90.9 Å². The van der Waals surface area contributed by atoms with Crippen LogP contribution in [-0.2, 0) is 32.5 Å². The molecule has 1 saturated carbocycles. The lowest BCUT2D eigenvalue weighted by Crippen LogP contribution is -2.35. The monoisotopic (exact) mass is 730 g/mol. The van der Waals surface area contributed by atoms with Gasteiger partial charge in [0.1, 0.15) is 17.1 Å². The number of halogens is 3. The molecule has 1 saturated heterocycles. The van der Waals surface area contributed by atoms with Crippen LogP contribution in [0.3, 0.4) is 0 Å². The highest BCUT2D eigenvalue weighted by molar-refractivity contribution is 7.53. The van der Waals surface area contributed by atoms with Crippen molar-refractivity contribution in [3.05, 3.63) is 64.3 Å². The van der Waals surface area contributed by atoms with Crippen molar-refractivity contribution in [2.75, 3.05) is 51.1 Å². The molecule has 0 bridgehead atoms. The zero-order valence-corrected chi connectivity index (χ0v) is 30.4. The molecule has 11 nitrogen and oxygen atoms in total. The largest absolute Gasteiger partial charge is 0.495 e. The van der Waals surface area contributed by atoms with E-state index in [2.05, 4.69) is 25.5 Å². The van der Waals surface area contributed by atoms with Gasteiger partial charge in [0.25, 0.3) is 5.91 Å². The highest BCUT2D eigenvalue weighted by Gasteiger charge is 2.38. The molecule has 2 fully saturated rings. The highest BCUT2D eigenvalue weighted by Crippen LogP contribution is 2.52. The van der Waals surface area contributed by atoms with E-state index in [1.54, 1.807) is 50.1 Å². The fourth-order valence-corrected chi connectivity index (χ4v) is 9.29. The van der Waals surface area contributed by atoms with Crippen LogP contribution in [0.5, 0.6) is 5.75 Å². The Kier molecular flexibility index (Phi) is 11.3. The molecule has 0 spiro atoms. The third-order valence-corrected chi connectivity index (χ3v) is 12.0. The van der Waals surface area contributed by atoms with Crippen molar-refractivity contribution in [1.82, 2.24) is 19.8 Å². The van der Waals surface area contributed by atoms with Crippen LogP contribution in [0.25, 0.3) is 0 Å². The van der Waals surface area contributed by atoms with Crippen LogP contribution in [0, 0.1) is 0 Å². The third kappa shape index (κ3) is 8.19. The number of amides is 1. The molecule has 276 valence electrons. The van der Waals surface area contributed by atoms with E-state index < -0.39 is 25.2 Å². The van der Waals surface area contributed by atoms with Gasteiger partial charge in [-0.05, 0) is 106 Å². The first-order chi connectivity index (χ1) is 24.4. The number of ether oxygens (including phenoxy) is 1. The van der Waals surface area contributed by atoms with Crippen molar-refractivity contribution in [2.45, 2.75) is 83.2 Å². The molecular weight excluding hydrogens is 684 g/mol. The van der Waals surface area contributed by atoms with E-state index in [0.29, 0.717) is 41.3 Å². The Morgan fingerprint density at radius 1 is 0.980 bits per heavy atom. The van der Waals surface area contributed by atoms with Crippen molar-refractivity contribution < 1.29 is 36.3 Å². The van der Waals surface area contributed by atoms with E-state index >= 15 is 0 Å². The van der Waals surface area contributed by atoms with E-state index in [1.165, 1.54) is 33.0 Å². The molecule has 3 aromatic rings. The minimum atomic E-state index is -4.77. The Labute approximate surface area is 296 Å². The number of likely N-dealkylation sites (tertiary alicyclic amines) is 1. The zero-order chi connectivity index (χ0) is 36.3. The summed E-state index contributed by atoms with van der Waals surface area (Å²) in [5, 5.41) is 5.81. The number of benzene rings is 2. The summed E-state index contributed by atoms with van der Waals surface area (Å²) in [6, 6.07) is 9.22. The standard InChI is InChI=1S/C36H46F3N6O5P/c1-5-49-51(47,50-6-2)22-23-9-15-29(31(19-23)48-4)42-35-40-20-28(36(37,38)39)33(43-35)41-30-16-14-26(27-21-44(3)34(46)32(27)30)24-10-12-25(13-11-24)45-17-7-8-18-45/h9,14-16,19-20,24-25H,5-8,10-13,17-18,21-22H2,1-4H3,(H2,40,41,42,43). The average Bonchev–Trinajstić information content (AvgIpc) is 3.74. The number of methoxy groups -OCH3 is 1. The summed E-state index contributed by atoms with van der Waals surface area (Å²) in [4.78, 5) is 25.9. The Hall–Kier alpha value is -3.71. The van der Waals surface area contributed by atoms with Crippen LogP contribution in [0.4, 0.5) is 36.3 Å². The summed E-state index contributed by atoms with van der Waals surface area (Å²) in [6.45, 7) is 6.62. The number of hydrogen-bond acceptors (Lipinski definition) is 10. The first-order valence-electron chi connectivity index (χ1n) is 17.6. The van der Waals surface area contributed by atoms with E-state index in [1.807, 2.05) is 6.07 Å². The SMILES string of the molecule is CCOP(=O)(Cc1ccc(Nc2ncc(C(F)(F)F)c(Nc3ccc(C4CCC(N5CCCC5)CC4)c4c3C(=O)N(C)C4)n2)c(OC)c1)OCC. The van der Waals surface area contributed by atoms with E-state index in [0.717, 1.165) is 36.8 Å². The van der Waals surface area contributed by atoms with Gasteiger partial charge in [-0.2, -0.15) is 18.2 Å². The summed E-state index contributed by atoms with van der Waals surface area (Å²) >= 11 is 0. The van der Waals surface area contributed by atoms with Gasteiger partial charge in [-0.3, -0.25) is 9.36 Å². The zero-order valence-electron chi connectivity index (χ0n) is 29.5. The molecule has 6 rings (SSSR count). The lowest BCUT2D eigenvalue weighted by Gasteiger charge is -2.35. The second-order valence-electron chi connectivity index (χ2n) is 13.3. The molecule has 51 heavy (non-hydrogen) atoms. The van der Waals surface area contributed by atoms with Crippen molar-refractivity contribution >= 4 is 36.6 Å². The van der Waals surface area contributed by atoms with Crippen LogP contribution in [0.2, 0.25) is 0 Å². The number of hydrogen-bond donors (Lipinski definition) is 2. The van der Waals surface area contributed by atoms with Gasteiger partial charge < -0.3 is 34.2 Å². The molecular formula is C36H46F3N6O5P. The molecule has 2 N–H and O–H groups in total. The third-order valence-electron chi connectivity index (χ3n) is 9.99. The average molecular weight is 731 g/mol. The summed E-state index contributed by atoms with van der Waals surface area (Å²) in [5.41, 5.74) is 2.52. The fourth-order valence-electron chi connectivity index (χ4n) is 7.60. The number of nitrogens with one attached hydrogen (secondary N) is 2. The minimum absolute atomic E-state index is 0.00700. The maximum Gasteiger partial charge on any atom is 0.421 e. The Balaban J connectivity index is 1.27. The molecule has 0 radical (unpaired) electrons. The van der Waals surface area contributed by atoms with Gasteiger partial charge in [-0.25, -0.2) is 4.98 Å². The summed E-state index contributed by atoms with van der Waals surface area (Å²) in [7, 11) is -0.247. The molecule has 15 heteroatoms. The number of aromatic nitrogens is 2. The van der Waals surface area contributed by atoms with E-state index in [-0.39, 0.29) is 42.8 Å². The number of anilines is 4. The molecule has 2 aromatic carbocycles. The molecule has 0 unspecified atom stereocenters. The molecule has 1 aromatic heterocycles. The number of alkyl halides is 3. The topological polar surface area (TPSA) is 118 Å². The molecule has 2 aliphatic heterocycles. The lowest BCUT2D eigenvalue weighted by atomic mass is 9.79.